The fourth-order valence-corrected chi connectivity index (χ4v) is 1.96. The molecule has 1 aromatic carbocycles. The van der Waals surface area contributed by atoms with E-state index in [2.05, 4.69) is 10.6 Å². The fraction of sp³-hybridized carbons (Fsp3) is 0.467. The van der Waals surface area contributed by atoms with Crippen LogP contribution in [0, 0.1) is 0 Å². The summed E-state index contributed by atoms with van der Waals surface area (Å²) in [7, 11) is 0. The molecule has 0 saturated carbocycles. The van der Waals surface area contributed by atoms with Gasteiger partial charge in [0, 0.05) is 17.6 Å². The van der Waals surface area contributed by atoms with Crippen molar-refractivity contribution in [2.24, 2.45) is 0 Å². The maximum atomic E-state index is 12.5. The Kier molecular flexibility index (Phi) is 6.00. The Labute approximate surface area is 131 Å². The highest BCUT2D eigenvalue weighted by Crippen LogP contribution is 2.26. The second kappa shape index (κ2) is 7.34. The lowest BCUT2D eigenvalue weighted by Crippen LogP contribution is -2.45. The zero-order chi connectivity index (χ0) is 17.7. The number of para-hydroxylation sites is 1. The Hall–Kier alpha value is -2.25. The van der Waals surface area contributed by atoms with Crippen LogP contribution in [0.15, 0.2) is 24.3 Å². The number of carboxylic acids is 1. The molecule has 0 aromatic heterocycles. The number of urea groups is 1. The van der Waals surface area contributed by atoms with Gasteiger partial charge in [-0.1, -0.05) is 18.2 Å². The minimum absolute atomic E-state index is 0.0431. The SMILES string of the molecule is CC(C)(CCC(=O)O)NC(=O)Nc1ccccc1CC(F)(F)F. The summed E-state index contributed by atoms with van der Waals surface area (Å²) in [5, 5.41) is 13.6. The zero-order valence-electron chi connectivity index (χ0n) is 12.8. The second-order valence-electron chi connectivity index (χ2n) is 5.81. The highest BCUT2D eigenvalue weighted by Gasteiger charge is 2.29. The number of amides is 2. The van der Waals surface area contributed by atoms with E-state index in [4.69, 9.17) is 5.11 Å². The van der Waals surface area contributed by atoms with Gasteiger partial charge < -0.3 is 15.7 Å². The van der Waals surface area contributed by atoms with Gasteiger partial charge in [0.25, 0.3) is 0 Å². The van der Waals surface area contributed by atoms with Crippen molar-refractivity contribution in [1.29, 1.82) is 0 Å². The molecule has 0 heterocycles. The van der Waals surface area contributed by atoms with Crippen LogP contribution in [0.3, 0.4) is 0 Å². The molecule has 0 unspecified atom stereocenters. The number of hydrogen-bond donors (Lipinski definition) is 3. The lowest BCUT2D eigenvalue weighted by atomic mass is 9.99. The first kappa shape index (κ1) is 18.8. The third kappa shape index (κ3) is 7.53. The average molecular weight is 332 g/mol. The number of aliphatic carboxylic acids is 1. The smallest absolute Gasteiger partial charge is 0.393 e. The first-order valence-corrected chi connectivity index (χ1v) is 6.94. The van der Waals surface area contributed by atoms with E-state index in [9.17, 15) is 22.8 Å². The summed E-state index contributed by atoms with van der Waals surface area (Å²) in [6, 6.07) is 4.96. The molecule has 1 rings (SSSR count). The van der Waals surface area contributed by atoms with E-state index in [1.54, 1.807) is 13.8 Å². The van der Waals surface area contributed by atoms with Crippen molar-refractivity contribution >= 4 is 17.7 Å². The maximum Gasteiger partial charge on any atom is 0.393 e. The molecule has 23 heavy (non-hydrogen) atoms. The van der Waals surface area contributed by atoms with Crippen molar-refractivity contribution in [3.05, 3.63) is 29.8 Å². The minimum Gasteiger partial charge on any atom is -0.481 e. The first-order valence-electron chi connectivity index (χ1n) is 6.94. The van der Waals surface area contributed by atoms with Gasteiger partial charge in [0.15, 0.2) is 0 Å². The van der Waals surface area contributed by atoms with Crippen molar-refractivity contribution in [3.63, 3.8) is 0 Å². The molecule has 0 aliphatic carbocycles. The van der Waals surface area contributed by atoms with Gasteiger partial charge in [-0.25, -0.2) is 4.79 Å². The highest BCUT2D eigenvalue weighted by molar-refractivity contribution is 5.90. The molecule has 0 saturated heterocycles. The lowest BCUT2D eigenvalue weighted by molar-refractivity contribution is -0.137. The Balaban J connectivity index is 2.72. The van der Waals surface area contributed by atoms with E-state index >= 15 is 0 Å². The van der Waals surface area contributed by atoms with E-state index in [1.165, 1.54) is 24.3 Å². The molecular weight excluding hydrogens is 313 g/mol. The summed E-state index contributed by atoms with van der Waals surface area (Å²) in [6.07, 6.45) is -5.46. The fourth-order valence-electron chi connectivity index (χ4n) is 1.96. The Morgan fingerprint density at radius 3 is 2.35 bits per heavy atom. The van der Waals surface area contributed by atoms with E-state index in [-0.39, 0.29) is 24.1 Å². The van der Waals surface area contributed by atoms with Crippen LogP contribution in [0.25, 0.3) is 0 Å². The summed E-state index contributed by atoms with van der Waals surface area (Å²) >= 11 is 0. The normalized spacial score (nSPS) is 11.9. The first-order chi connectivity index (χ1) is 10.5. The molecule has 0 bridgehead atoms. The van der Waals surface area contributed by atoms with Gasteiger partial charge in [-0.05, 0) is 31.9 Å². The van der Waals surface area contributed by atoms with Gasteiger partial charge in [-0.2, -0.15) is 13.2 Å². The second-order valence-corrected chi connectivity index (χ2v) is 5.81. The molecule has 0 fully saturated rings. The van der Waals surface area contributed by atoms with Crippen LogP contribution in [-0.4, -0.2) is 28.8 Å². The van der Waals surface area contributed by atoms with E-state index < -0.39 is 30.1 Å². The van der Waals surface area contributed by atoms with Crippen LogP contribution in [0.5, 0.6) is 0 Å². The summed E-state index contributed by atoms with van der Waals surface area (Å²) in [6.45, 7) is 3.27. The number of anilines is 1. The average Bonchev–Trinajstić information content (AvgIpc) is 2.36. The molecule has 0 radical (unpaired) electrons. The molecule has 8 heteroatoms. The molecule has 0 atom stereocenters. The summed E-state index contributed by atoms with van der Waals surface area (Å²) < 4.78 is 37.6. The van der Waals surface area contributed by atoms with Crippen LogP contribution >= 0.6 is 0 Å². The summed E-state index contributed by atoms with van der Waals surface area (Å²) in [4.78, 5) is 22.5. The topological polar surface area (TPSA) is 78.4 Å². The number of carbonyl (C=O) groups excluding carboxylic acids is 1. The summed E-state index contributed by atoms with van der Waals surface area (Å²) in [5.74, 6) is -0.990. The molecule has 0 aliphatic heterocycles. The monoisotopic (exact) mass is 332 g/mol. The molecule has 0 spiro atoms. The third-order valence-corrected chi connectivity index (χ3v) is 3.07. The number of alkyl halides is 3. The van der Waals surface area contributed by atoms with Crippen LogP contribution in [0.2, 0.25) is 0 Å². The van der Waals surface area contributed by atoms with Crippen LogP contribution in [0.1, 0.15) is 32.3 Å². The Bertz CT molecular complexity index is 571. The van der Waals surface area contributed by atoms with Crippen molar-refractivity contribution in [2.45, 2.75) is 44.8 Å². The van der Waals surface area contributed by atoms with Crippen molar-refractivity contribution < 1.29 is 27.9 Å². The molecule has 3 N–H and O–H groups in total. The number of rotatable bonds is 6. The molecule has 5 nitrogen and oxygen atoms in total. The molecular formula is C15H19F3N2O3. The van der Waals surface area contributed by atoms with E-state index in [1.807, 2.05) is 0 Å². The molecule has 1 aromatic rings. The predicted molar refractivity (Wildman–Crippen MR) is 79.3 cm³/mol. The number of benzene rings is 1. The zero-order valence-corrected chi connectivity index (χ0v) is 12.8. The minimum atomic E-state index is -4.38. The molecule has 0 aliphatic rings. The number of nitrogens with one attached hydrogen (secondary N) is 2. The Morgan fingerprint density at radius 2 is 1.78 bits per heavy atom. The number of carbonyl (C=O) groups is 2. The van der Waals surface area contributed by atoms with Crippen molar-refractivity contribution in [3.8, 4) is 0 Å². The maximum absolute atomic E-state index is 12.5. The number of halogens is 3. The van der Waals surface area contributed by atoms with Gasteiger partial charge in [0.1, 0.15) is 0 Å². The van der Waals surface area contributed by atoms with Crippen molar-refractivity contribution in [2.75, 3.05) is 5.32 Å². The quantitative estimate of drug-likeness (QED) is 0.745. The van der Waals surface area contributed by atoms with E-state index in [0.717, 1.165) is 0 Å². The lowest BCUT2D eigenvalue weighted by Gasteiger charge is -2.26. The van der Waals surface area contributed by atoms with E-state index in [0.29, 0.717) is 0 Å². The third-order valence-electron chi connectivity index (χ3n) is 3.07. The van der Waals surface area contributed by atoms with Crippen molar-refractivity contribution in [1.82, 2.24) is 5.32 Å². The van der Waals surface area contributed by atoms with Crippen LogP contribution in [0.4, 0.5) is 23.7 Å². The van der Waals surface area contributed by atoms with Gasteiger partial charge in [-0.3, -0.25) is 4.79 Å². The standard InChI is InChI=1S/C15H19F3N2O3/c1-14(2,8-7-12(21)22)20-13(23)19-11-6-4-3-5-10(11)9-15(16,17)18/h3-6H,7-9H2,1-2H3,(H,21,22)(H2,19,20,23). The predicted octanol–water partition coefficient (Wildman–Crippen LogP) is 3.56. The number of hydrogen-bond acceptors (Lipinski definition) is 2. The molecule has 2 amide bonds. The largest absolute Gasteiger partial charge is 0.481 e. The molecule has 128 valence electrons. The number of carboxylic acid groups (broad SMARTS) is 1. The van der Waals surface area contributed by atoms with Gasteiger partial charge in [0.05, 0.1) is 6.42 Å². The van der Waals surface area contributed by atoms with Gasteiger partial charge in [0.2, 0.25) is 0 Å². The Morgan fingerprint density at radius 1 is 1.17 bits per heavy atom. The van der Waals surface area contributed by atoms with Crippen LogP contribution < -0.4 is 10.6 Å². The van der Waals surface area contributed by atoms with Crippen LogP contribution in [-0.2, 0) is 11.2 Å². The van der Waals surface area contributed by atoms with Gasteiger partial charge >= 0.3 is 18.2 Å². The highest BCUT2D eigenvalue weighted by atomic mass is 19.4. The summed E-state index contributed by atoms with van der Waals surface area (Å²) in [5.41, 5.74) is -0.781. The van der Waals surface area contributed by atoms with Gasteiger partial charge in [-0.15, -0.1) is 0 Å².